The Labute approximate surface area is 160 Å². The van der Waals surface area contributed by atoms with E-state index in [0.29, 0.717) is 13.1 Å². The molecule has 0 spiro atoms. The molecule has 1 amide bonds. The normalized spacial score (nSPS) is 12.2. The Morgan fingerprint density at radius 3 is 2.74 bits per heavy atom. The third-order valence-electron chi connectivity index (χ3n) is 4.41. The quantitative estimate of drug-likeness (QED) is 0.558. The largest absolute Gasteiger partial charge is 0.352 e. The summed E-state index contributed by atoms with van der Waals surface area (Å²) < 4.78 is 3.52. The van der Waals surface area contributed by atoms with Crippen molar-refractivity contribution in [3.05, 3.63) is 77.7 Å². The molecule has 1 N–H and O–H groups in total. The smallest absolute Gasteiger partial charge is 0.249 e. The lowest BCUT2D eigenvalue weighted by Gasteiger charge is -2.17. The molecule has 4 rings (SSSR count). The van der Waals surface area contributed by atoms with Crippen LogP contribution in [0.25, 0.3) is 10.9 Å². The number of rotatable bonds is 6. The van der Waals surface area contributed by atoms with E-state index in [9.17, 15) is 4.79 Å². The van der Waals surface area contributed by atoms with Crippen LogP contribution in [0.1, 0.15) is 11.6 Å². The standard InChI is InChI=1S/C19H17ClN6O/c20-16-7-4-8-17-15(16)9-11-25(17)12-10-21-19(27)18(26-13-22-23-24-26)14-5-2-1-3-6-14/h1-9,11,13,18H,10,12H2,(H,21,27)/t18-/m1/s1. The van der Waals surface area contributed by atoms with Crippen LogP contribution in [0, 0.1) is 0 Å². The number of hydrogen-bond acceptors (Lipinski definition) is 4. The summed E-state index contributed by atoms with van der Waals surface area (Å²) in [6, 6.07) is 16.6. The Hall–Kier alpha value is -3.19. The molecule has 0 aliphatic heterocycles. The zero-order valence-electron chi connectivity index (χ0n) is 14.4. The maximum absolute atomic E-state index is 12.8. The zero-order chi connectivity index (χ0) is 18.6. The van der Waals surface area contributed by atoms with Crippen LogP contribution in [-0.4, -0.2) is 37.2 Å². The number of carbonyl (C=O) groups excluding carboxylic acids is 1. The molecule has 2 aromatic heterocycles. The molecular formula is C19H17ClN6O. The maximum atomic E-state index is 12.8. The van der Waals surface area contributed by atoms with Gasteiger partial charge in [-0.1, -0.05) is 48.0 Å². The number of halogens is 1. The van der Waals surface area contributed by atoms with Crippen LogP contribution in [0.5, 0.6) is 0 Å². The molecule has 0 bridgehead atoms. The lowest BCUT2D eigenvalue weighted by Crippen LogP contribution is -2.35. The highest BCUT2D eigenvalue weighted by Crippen LogP contribution is 2.24. The second-order valence-corrected chi connectivity index (χ2v) is 6.48. The third kappa shape index (κ3) is 3.54. The van der Waals surface area contributed by atoms with Crippen LogP contribution in [-0.2, 0) is 11.3 Å². The molecule has 2 heterocycles. The number of nitrogens with zero attached hydrogens (tertiary/aromatic N) is 5. The van der Waals surface area contributed by atoms with Crippen molar-refractivity contribution in [2.45, 2.75) is 12.6 Å². The minimum atomic E-state index is -0.614. The molecule has 8 heteroatoms. The topological polar surface area (TPSA) is 77.6 Å². The number of amides is 1. The molecule has 1 atom stereocenters. The van der Waals surface area contributed by atoms with E-state index in [1.165, 1.54) is 11.0 Å². The predicted molar refractivity (Wildman–Crippen MR) is 102 cm³/mol. The summed E-state index contributed by atoms with van der Waals surface area (Å²) in [5, 5.41) is 15.9. The van der Waals surface area contributed by atoms with E-state index in [-0.39, 0.29) is 5.91 Å². The molecule has 27 heavy (non-hydrogen) atoms. The fraction of sp³-hybridized carbons (Fsp3) is 0.158. The van der Waals surface area contributed by atoms with E-state index in [1.54, 1.807) is 0 Å². The number of hydrogen-bond donors (Lipinski definition) is 1. The first-order valence-electron chi connectivity index (χ1n) is 8.52. The second-order valence-electron chi connectivity index (χ2n) is 6.08. The molecule has 0 aliphatic rings. The van der Waals surface area contributed by atoms with Crippen molar-refractivity contribution in [1.29, 1.82) is 0 Å². The Morgan fingerprint density at radius 2 is 1.96 bits per heavy atom. The lowest BCUT2D eigenvalue weighted by molar-refractivity contribution is -0.123. The van der Waals surface area contributed by atoms with Crippen molar-refractivity contribution in [2.24, 2.45) is 0 Å². The number of benzene rings is 2. The fourth-order valence-electron chi connectivity index (χ4n) is 3.12. The number of tetrazole rings is 1. The van der Waals surface area contributed by atoms with E-state index in [4.69, 9.17) is 11.6 Å². The van der Waals surface area contributed by atoms with Crippen LogP contribution in [0.4, 0.5) is 0 Å². The highest BCUT2D eigenvalue weighted by Gasteiger charge is 2.23. The summed E-state index contributed by atoms with van der Waals surface area (Å²) in [7, 11) is 0. The molecule has 0 saturated carbocycles. The number of nitrogens with one attached hydrogen (secondary N) is 1. The number of carbonyl (C=O) groups is 1. The van der Waals surface area contributed by atoms with Crippen molar-refractivity contribution < 1.29 is 4.79 Å². The molecular weight excluding hydrogens is 364 g/mol. The Bertz CT molecular complexity index is 1040. The van der Waals surface area contributed by atoms with E-state index >= 15 is 0 Å². The predicted octanol–water partition coefficient (Wildman–Crippen LogP) is 2.69. The minimum absolute atomic E-state index is 0.164. The van der Waals surface area contributed by atoms with Crippen molar-refractivity contribution >= 4 is 28.4 Å². The maximum Gasteiger partial charge on any atom is 0.249 e. The summed E-state index contributed by atoms with van der Waals surface area (Å²) >= 11 is 6.22. The molecule has 2 aromatic carbocycles. The monoisotopic (exact) mass is 380 g/mol. The average molecular weight is 381 g/mol. The van der Waals surface area contributed by atoms with Crippen LogP contribution in [0.3, 0.4) is 0 Å². The first-order valence-corrected chi connectivity index (χ1v) is 8.90. The summed E-state index contributed by atoms with van der Waals surface area (Å²) in [5.74, 6) is -0.164. The van der Waals surface area contributed by atoms with Gasteiger partial charge in [0.05, 0.1) is 0 Å². The van der Waals surface area contributed by atoms with E-state index in [0.717, 1.165) is 21.5 Å². The molecule has 136 valence electrons. The highest BCUT2D eigenvalue weighted by molar-refractivity contribution is 6.35. The SMILES string of the molecule is O=C(NCCn1ccc2c(Cl)cccc21)[C@@H](c1ccccc1)n1cnnn1. The van der Waals surface area contributed by atoms with E-state index in [2.05, 4.69) is 25.4 Å². The number of fused-ring (bicyclic) bond motifs is 1. The van der Waals surface area contributed by atoms with Gasteiger partial charge in [0.25, 0.3) is 0 Å². The van der Waals surface area contributed by atoms with Crippen LogP contribution in [0.15, 0.2) is 67.1 Å². The van der Waals surface area contributed by atoms with Gasteiger partial charge in [0.15, 0.2) is 6.04 Å². The minimum Gasteiger partial charge on any atom is -0.352 e. The summed E-state index contributed by atoms with van der Waals surface area (Å²) in [6.45, 7) is 1.10. The Morgan fingerprint density at radius 1 is 1.11 bits per heavy atom. The van der Waals surface area contributed by atoms with E-state index < -0.39 is 6.04 Å². The van der Waals surface area contributed by atoms with Crippen LogP contribution >= 0.6 is 11.6 Å². The molecule has 0 saturated heterocycles. The molecule has 4 aromatic rings. The van der Waals surface area contributed by atoms with Gasteiger partial charge in [0, 0.05) is 35.2 Å². The molecule has 0 fully saturated rings. The van der Waals surface area contributed by atoms with Crippen LogP contribution in [0.2, 0.25) is 5.02 Å². The van der Waals surface area contributed by atoms with E-state index in [1.807, 2.05) is 60.8 Å². The van der Waals surface area contributed by atoms with Gasteiger partial charge in [-0.25, -0.2) is 4.68 Å². The summed E-state index contributed by atoms with van der Waals surface area (Å²) in [4.78, 5) is 12.8. The Balaban J connectivity index is 1.48. The lowest BCUT2D eigenvalue weighted by atomic mass is 10.1. The van der Waals surface area contributed by atoms with Gasteiger partial charge in [-0.3, -0.25) is 4.79 Å². The van der Waals surface area contributed by atoms with Gasteiger partial charge in [0.2, 0.25) is 5.91 Å². The Kier molecular flexibility index (Phi) is 4.84. The first-order chi connectivity index (χ1) is 13.2. The van der Waals surface area contributed by atoms with Gasteiger partial charge in [0.1, 0.15) is 6.33 Å². The zero-order valence-corrected chi connectivity index (χ0v) is 15.1. The number of aromatic nitrogens is 5. The van der Waals surface area contributed by atoms with Gasteiger partial charge >= 0.3 is 0 Å². The molecule has 0 aliphatic carbocycles. The van der Waals surface area contributed by atoms with Gasteiger partial charge in [-0.05, 0) is 34.2 Å². The van der Waals surface area contributed by atoms with Crippen molar-refractivity contribution in [1.82, 2.24) is 30.1 Å². The van der Waals surface area contributed by atoms with Crippen molar-refractivity contribution in [3.63, 3.8) is 0 Å². The summed E-state index contributed by atoms with van der Waals surface area (Å²) in [6.07, 6.45) is 3.41. The van der Waals surface area contributed by atoms with Gasteiger partial charge < -0.3 is 9.88 Å². The molecule has 0 unspecified atom stereocenters. The first kappa shape index (κ1) is 17.2. The summed E-state index contributed by atoms with van der Waals surface area (Å²) in [5.41, 5.74) is 1.86. The average Bonchev–Trinajstić information content (AvgIpc) is 3.34. The fourth-order valence-corrected chi connectivity index (χ4v) is 3.36. The van der Waals surface area contributed by atoms with Gasteiger partial charge in [-0.2, -0.15) is 0 Å². The van der Waals surface area contributed by atoms with Crippen molar-refractivity contribution in [2.75, 3.05) is 6.54 Å². The molecule has 7 nitrogen and oxygen atoms in total. The molecule has 0 radical (unpaired) electrons. The van der Waals surface area contributed by atoms with Crippen molar-refractivity contribution in [3.8, 4) is 0 Å². The highest BCUT2D eigenvalue weighted by atomic mass is 35.5. The second kappa shape index (κ2) is 7.59. The van der Waals surface area contributed by atoms with Gasteiger partial charge in [-0.15, -0.1) is 5.10 Å². The third-order valence-corrected chi connectivity index (χ3v) is 4.74. The van der Waals surface area contributed by atoms with Crippen LogP contribution < -0.4 is 5.32 Å².